The molecule has 4 aliphatic heterocycles. The quantitative estimate of drug-likeness (QED) is 0.0532. The number of halogens is 2. The maximum Gasteiger partial charge on any atom is 0.301 e. The smallest absolute Gasteiger partial charge is 0.301 e. The van der Waals surface area contributed by atoms with Crippen molar-refractivity contribution in [2.45, 2.75) is 90.5 Å². The first kappa shape index (κ1) is 57.0. The summed E-state index contributed by atoms with van der Waals surface area (Å²) in [6.45, 7) is 14.3. The highest BCUT2D eigenvalue weighted by molar-refractivity contribution is 7.90. The van der Waals surface area contributed by atoms with Gasteiger partial charge in [0.25, 0.3) is 0 Å². The molecule has 0 radical (unpaired) electrons. The number of rotatable bonds is 18. The summed E-state index contributed by atoms with van der Waals surface area (Å²) in [6, 6.07) is 19.9. The Labute approximate surface area is 469 Å². The number of likely N-dealkylation sites (tertiary alicyclic amines) is 2. The van der Waals surface area contributed by atoms with Gasteiger partial charge in [0.2, 0.25) is 11.8 Å². The maximum absolute atomic E-state index is 15.2. The lowest BCUT2D eigenvalue weighted by Gasteiger charge is -2.41. The molecule has 4 saturated heterocycles. The summed E-state index contributed by atoms with van der Waals surface area (Å²) in [5.41, 5.74) is 7.23. The van der Waals surface area contributed by atoms with Crippen molar-refractivity contribution in [3.05, 3.63) is 119 Å². The largest absolute Gasteiger partial charge is 0.392 e. The number of aromatic nitrogens is 3. The van der Waals surface area contributed by atoms with Crippen LogP contribution >= 0.6 is 11.3 Å². The van der Waals surface area contributed by atoms with Gasteiger partial charge in [0.1, 0.15) is 23.9 Å². The number of ketones is 1. The number of fused-ring (bicyclic) bond motifs is 1. The number of hydrogen-bond acceptors (Lipinski definition) is 14. The average Bonchev–Trinajstić information content (AvgIpc) is 4.35. The number of piperidine rings is 1. The zero-order valence-corrected chi connectivity index (χ0v) is 47.2. The number of nitrogens with one attached hydrogen (secondary N) is 4. The van der Waals surface area contributed by atoms with E-state index in [-0.39, 0.29) is 67.6 Å². The lowest BCUT2D eigenvalue weighted by molar-refractivity contribution is -0.135. The minimum Gasteiger partial charge on any atom is -0.392 e. The molecule has 18 nitrogen and oxygen atoms in total. The van der Waals surface area contributed by atoms with E-state index in [9.17, 15) is 37.4 Å². The number of alkyl halides is 1. The third-order valence-corrected chi connectivity index (χ3v) is 18.6. The minimum absolute atomic E-state index is 0.0154. The first-order chi connectivity index (χ1) is 38.3. The van der Waals surface area contributed by atoms with E-state index < -0.39 is 57.8 Å². The van der Waals surface area contributed by atoms with E-state index in [0.717, 1.165) is 114 Å². The minimum atomic E-state index is -4.11. The molecule has 7 heterocycles. The molecular weight excluding hydrogens is 1060 g/mol. The van der Waals surface area contributed by atoms with Crippen LogP contribution in [-0.2, 0) is 26.3 Å². The number of pyridine rings is 1. The summed E-state index contributed by atoms with van der Waals surface area (Å²) in [4.78, 5) is 62.8. The highest BCUT2D eigenvalue weighted by Gasteiger charge is 2.45. The van der Waals surface area contributed by atoms with Gasteiger partial charge in [0, 0.05) is 93.5 Å². The van der Waals surface area contributed by atoms with Crippen molar-refractivity contribution in [2.75, 3.05) is 81.6 Å². The Morgan fingerprint density at radius 1 is 0.863 bits per heavy atom. The Hall–Kier alpha value is -6.24. The second-order valence-corrected chi connectivity index (χ2v) is 25.4. The van der Waals surface area contributed by atoms with Crippen LogP contribution in [0.3, 0.4) is 0 Å². The monoisotopic (exact) mass is 1140 g/mol. The fourth-order valence-corrected chi connectivity index (χ4v) is 13.6. The molecule has 0 spiro atoms. The van der Waals surface area contributed by atoms with E-state index in [2.05, 4.69) is 57.1 Å². The van der Waals surface area contributed by atoms with E-state index >= 15 is 4.39 Å². The number of piperazine rings is 1. The average molecular weight is 1140 g/mol. The van der Waals surface area contributed by atoms with Gasteiger partial charge in [-0.3, -0.25) is 33.8 Å². The molecule has 4 aliphatic rings. The Morgan fingerprint density at radius 2 is 1.59 bits per heavy atom. The highest BCUT2D eigenvalue weighted by Crippen LogP contribution is 2.33. The molecule has 0 aliphatic carbocycles. The number of aryl methyl sites for hydroxylation is 1. The molecular formula is C58H71F2N11O7S2. The summed E-state index contributed by atoms with van der Waals surface area (Å²) in [6.07, 6.45) is 2.11. The number of carbonyl (C=O) groups excluding carboxylic acids is 3. The number of thiazole rings is 1. The Bertz CT molecular complexity index is 3290. The molecule has 5 atom stereocenters. The molecule has 3 aromatic carbocycles. The number of carbonyl (C=O) groups is 3. The molecule has 0 bridgehead atoms. The zero-order valence-electron chi connectivity index (χ0n) is 45.6. The van der Waals surface area contributed by atoms with Gasteiger partial charge in [-0.2, -0.15) is 12.7 Å². The highest BCUT2D eigenvalue weighted by atomic mass is 32.2. The Kier molecular flexibility index (Phi) is 17.2. The molecule has 80 heavy (non-hydrogen) atoms. The molecule has 6 N–H and O–H groups in total. The third kappa shape index (κ3) is 13.1. The number of β-amino-alcohol motifs (C(OH)–C–C–N with tert-alkyl or cyclic N) is 1. The molecule has 3 aromatic heterocycles. The normalized spacial score (nSPS) is 21.0. The summed E-state index contributed by atoms with van der Waals surface area (Å²) < 4.78 is 58.0. The van der Waals surface area contributed by atoms with Gasteiger partial charge in [-0.15, -0.1) is 11.3 Å². The topological polar surface area (TPSA) is 220 Å². The van der Waals surface area contributed by atoms with Crippen LogP contribution in [0.15, 0.2) is 90.7 Å². The summed E-state index contributed by atoms with van der Waals surface area (Å²) in [5.74, 6) is -1.45. The van der Waals surface area contributed by atoms with Crippen LogP contribution < -0.4 is 20.3 Å². The second kappa shape index (κ2) is 24.1. The van der Waals surface area contributed by atoms with E-state index in [1.54, 1.807) is 22.4 Å². The number of aliphatic hydroxyl groups is 2. The van der Waals surface area contributed by atoms with Gasteiger partial charge in [-0.25, -0.2) is 18.7 Å². The molecule has 1 unspecified atom stereocenters. The predicted molar refractivity (Wildman–Crippen MR) is 305 cm³/mol. The first-order valence-corrected chi connectivity index (χ1v) is 29.8. The first-order valence-electron chi connectivity index (χ1n) is 27.5. The van der Waals surface area contributed by atoms with Crippen LogP contribution in [-0.4, -0.2) is 173 Å². The number of benzene rings is 3. The van der Waals surface area contributed by atoms with Crippen LogP contribution in [0.1, 0.15) is 73.6 Å². The van der Waals surface area contributed by atoms with Crippen LogP contribution in [0.2, 0.25) is 0 Å². The fourth-order valence-electron chi connectivity index (χ4n) is 11.5. The Balaban J connectivity index is 0.672. The molecule has 2 amide bonds. The van der Waals surface area contributed by atoms with Crippen LogP contribution in [0.5, 0.6) is 0 Å². The number of amides is 2. The number of hydrogen-bond donors (Lipinski definition) is 6. The van der Waals surface area contributed by atoms with Gasteiger partial charge >= 0.3 is 10.2 Å². The van der Waals surface area contributed by atoms with Crippen molar-refractivity contribution in [2.24, 2.45) is 11.3 Å². The van der Waals surface area contributed by atoms with Gasteiger partial charge in [0.05, 0.1) is 52.1 Å². The van der Waals surface area contributed by atoms with Crippen LogP contribution in [0.4, 0.5) is 20.2 Å². The van der Waals surface area contributed by atoms with Crippen molar-refractivity contribution >= 4 is 61.6 Å². The lowest BCUT2D eigenvalue weighted by atomic mass is 9.84. The van der Waals surface area contributed by atoms with Crippen molar-refractivity contribution < 1.29 is 41.8 Å². The molecule has 0 saturated carbocycles. The van der Waals surface area contributed by atoms with Crippen molar-refractivity contribution in [3.8, 4) is 21.6 Å². The number of anilines is 2. The van der Waals surface area contributed by atoms with Crippen LogP contribution in [0, 0.1) is 24.1 Å². The maximum atomic E-state index is 15.2. The molecule has 426 valence electrons. The van der Waals surface area contributed by atoms with Gasteiger partial charge < -0.3 is 30.7 Å². The van der Waals surface area contributed by atoms with E-state index in [1.807, 2.05) is 75.7 Å². The van der Waals surface area contributed by atoms with Crippen molar-refractivity contribution in [1.29, 1.82) is 0 Å². The zero-order chi connectivity index (χ0) is 56.5. The van der Waals surface area contributed by atoms with Gasteiger partial charge in [-0.1, -0.05) is 57.2 Å². The van der Waals surface area contributed by atoms with Crippen LogP contribution in [0.25, 0.3) is 32.6 Å². The molecule has 4 fully saturated rings. The molecule has 10 rings (SSSR count). The fraction of sp³-hybridized carbons (Fsp3) is 0.466. The van der Waals surface area contributed by atoms with Gasteiger partial charge in [-0.05, 0) is 110 Å². The lowest BCUT2D eigenvalue weighted by Crippen LogP contribution is -2.61. The van der Waals surface area contributed by atoms with Crippen molar-refractivity contribution in [1.82, 2.24) is 44.6 Å². The SMILES string of the molecule is Cc1ncsc1-c1ccc(CNC(=O)[C@@H]2C[C@@H](O)CN2C(O)[C@@H](NC(=O)CN2CCC(CN3CCN(c4ccc(-c5cnc6[nH]cc(C(=O)c7cc(NS(=O)(=O)N8CC[C@@H](F)C8)ccc7F)c6c5)cc4)CC3)CC2)C(C)(C)C)cc1. The van der Waals surface area contributed by atoms with E-state index in [0.29, 0.717) is 23.5 Å². The molecule has 22 heteroatoms. The number of aliphatic hydroxyl groups excluding tert-OH is 2. The molecule has 6 aromatic rings. The van der Waals surface area contributed by atoms with Gasteiger partial charge in [0.15, 0.2) is 5.78 Å². The van der Waals surface area contributed by atoms with E-state index in [4.69, 9.17) is 0 Å². The summed E-state index contributed by atoms with van der Waals surface area (Å²) in [7, 11) is -4.11. The van der Waals surface area contributed by atoms with Crippen molar-refractivity contribution in [3.63, 3.8) is 0 Å². The number of H-pyrrole nitrogens is 1. The third-order valence-electron chi connectivity index (χ3n) is 16.1. The summed E-state index contributed by atoms with van der Waals surface area (Å²) >= 11 is 1.58. The number of aromatic amines is 1. The number of nitrogens with zero attached hydrogens (tertiary/aromatic N) is 7. The summed E-state index contributed by atoms with van der Waals surface area (Å²) in [5, 5.41) is 29.2. The predicted octanol–water partition coefficient (Wildman–Crippen LogP) is 6.17. The second-order valence-electron chi connectivity index (χ2n) is 22.9. The Morgan fingerprint density at radius 3 is 2.26 bits per heavy atom. The standard InChI is InChI=1S/C58H71F2N11O7S2/c1-36-53(79-35-64-36)40-7-5-37(6-8-40)28-63-56(75)50-27-45(72)33-71(50)57(76)54(58(2,3)4)65-51(73)34-67-18-15-38(16-19-67)31-68-21-23-69(24-22-68)44-12-9-39(10-13-44)41-25-46-48(30-62-55(46)61-29-41)52(74)47-26-43(11-14-49(47)60)66-80(77,78)70-20-17-42(59)32-70/h5-14,25-26,29-30,35,38,42,45,50,54,57,66,72,76H,15-24,27-28,31-34H2,1-4H3,(H,61,62)(H,63,75)(H,65,73)/t42-,45-,50+,54-,57?/m1/s1. The van der Waals surface area contributed by atoms with E-state index in [1.165, 1.54) is 12.3 Å².